The number of carbonyl (C=O) groups is 1. The van der Waals surface area contributed by atoms with E-state index in [0.29, 0.717) is 0 Å². The summed E-state index contributed by atoms with van der Waals surface area (Å²) in [7, 11) is 1.84. The minimum absolute atomic E-state index is 0.102. The van der Waals surface area contributed by atoms with Crippen LogP contribution in [0.5, 0.6) is 0 Å². The van der Waals surface area contributed by atoms with Crippen molar-refractivity contribution in [2.45, 2.75) is 31.7 Å². The predicted octanol–water partition coefficient (Wildman–Crippen LogP) is 0.963. The van der Waals surface area contributed by atoms with Crippen LogP contribution in [0, 0.1) is 5.92 Å². The van der Waals surface area contributed by atoms with Crippen molar-refractivity contribution in [3.05, 3.63) is 0 Å². The van der Waals surface area contributed by atoms with Crippen LogP contribution >= 0.6 is 0 Å². The molecule has 1 aliphatic rings. The summed E-state index contributed by atoms with van der Waals surface area (Å²) in [6.45, 7) is 0. The molecule has 0 aromatic rings. The Balaban J connectivity index is 2.13. The highest BCUT2D eigenvalue weighted by molar-refractivity contribution is 5.57. The Bertz CT molecular complexity index is 110. The quantitative estimate of drug-likeness (QED) is 0.591. The van der Waals surface area contributed by atoms with Crippen molar-refractivity contribution in [2.24, 2.45) is 5.92 Å². The van der Waals surface area contributed by atoms with Gasteiger partial charge in [-0.25, -0.2) is 0 Å². The SMILES string of the molecule is CNC(C=O)CC1CCC1. The molecule has 0 amide bonds. The van der Waals surface area contributed by atoms with Gasteiger partial charge in [0, 0.05) is 0 Å². The van der Waals surface area contributed by atoms with E-state index >= 15 is 0 Å². The van der Waals surface area contributed by atoms with E-state index in [4.69, 9.17) is 0 Å². The van der Waals surface area contributed by atoms with E-state index in [9.17, 15) is 4.79 Å². The lowest BCUT2D eigenvalue weighted by atomic mass is 9.81. The Hall–Kier alpha value is -0.370. The maximum atomic E-state index is 10.3. The fraction of sp³-hybridized carbons (Fsp3) is 0.875. The van der Waals surface area contributed by atoms with Crippen LogP contribution in [0.15, 0.2) is 0 Å². The van der Waals surface area contributed by atoms with Gasteiger partial charge in [0.25, 0.3) is 0 Å². The molecule has 2 nitrogen and oxygen atoms in total. The summed E-state index contributed by atoms with van der Waals surface area (Å²) in [5, 5.41) is 2.98. The summed E-state index contributed by atoms with van der Waals surface area (Å²) >= 11 is 0. The van der Waals surface area contributed by atoms with E-state index in [2.05, 4.69) is 5.32 Å². The maximum absolute atomic E-state index is 10.3. The molecule has 0 bridgehead atoms. The second-order valence-electron chi connectivity index (χ2n) is 3.06. The Kier molecular flexibility index (Phi) is 2.87. The van der Waals surface area contributed by atoms with Crippen molar-refractivity contribution in [3.63, 3.8) is 0 Å². The largest absolute Gasteiger partial charge is 0.311 e. The number of hydrogen-bond donors (Lipinski definition) is 1. The Morgan fingerprint density at radius 1 is 1.70 bits per heavy atom. The lowest BCUT2D eigenvalue weighted by Crippen LogP contribution is -2.31. The molecule has 0 spiro atoms. The third-order valence-electron chi connectivity index (χ3n) is 2.35. The van der Waals surface area contributed by atoms with Gasteiger partial charge in [0.15, 0.2) is 0 Å². The standard InChI is InChI=1S/C8H15NO/c1-9-8(6-10)5-7-3-2-4-7/h6-9H,2-5H2,1H3. The van der Waals surface area contributed by atoms with E-state index in [1.54, 1.807) is 0 Å². The average Bonchev–Trinajstić information content (AvgIpc) is 1.87. The van der Waals surface area contributed by atoms with Crippen LogP contribution in [0.4, 0.5) is 0 Å². The maximum Gasteiger partial charge on any atom is 0.136 e. The molecule has 1 aliphatic carbocycles. The normalized spacial score (nSPS) is 21.7. The van der Waals surface area contributed by atoms with Crippen molar-refractivity contribution < 1.29 is 4.79 Å². The molecular formula is C8H15NO. The number of likely N-dealkylation sites (N-methyl/N-ethyl adjacent to an activating group) is 1. The van der Waals surface area contributed by atoms with Crippen LogP contribution < -0.4 is 5.32 Å². The zero-order valence-electron chi connectivity index (χ0n) is 6.47. The molecule has 0 aromatic heterocycles. The van der Waals surface area contributed by atoms with Crippen LogP contribution in [0.2, 0.25) is 0 Å². The first-order valence-corrected chi connectivity index (χ1v) is 3.99. The molecule has 1 saturated carbocycles. The highest BCUT2D eigenvalue weighted by atomic mass is 16.1. The lowest BCUT2D eigenvalue weighted by molar-refractivity contribution is -0.110. The number of nitrogens with one attached hydrogen (secondary N) is 1. The van der Waals surface area contributed by atoms with Gasteiger partial charge in [-0.15, -0.1) is 0 Å². The molecule has 1 rings (SSSR count). The minimum Gasteiger partial charge on any atom is -0.311 e. The van der Waals surface area contributed by atoms with Gasteiger partial charge >= 0.3 is 0 Å². The summed E-state index contributed by atoms with van der Waals surface area (Å²) in [6.07, 6.45) is 6.07. The average molecular weight is 141 g/mol. The van der Waals surface area contributed by atoms with Crippen LogP contribution in [0.3, 0.4) is 0 Å². The van der Waals surface area contributed by atoms with Crippen LogP contribution in [-0.2, 0) is 4.79 Å². The van der Waals surface area contributed by atoms with Crippen molar-refractivity contribution in [1.82, 2.24) is 5.32 Å². The summed E-state index contributed by atoms with van der Waals surface area (Å²) < 4.78 is 0. The summed E-state index contributed by atoms with van der Waals surface area (Å²) in [6, 6.07) is 0.102. The van der Waals surface area contributed by atoms with Crippen molar-refractivity contribution >= 4 is 6.29 Å². The van der Waals surface area contributed by atoms with Crippen LogP contribution in [0.25, 0.3) is 0 Å². The Labute approximate surface area is 62.0 Å². The second kappa shape index (κ2) is 3.71. The number of hydrogen-bond acceptors (Lipinski definition) is 2. The molecule has 1 unspecified atom stereocenters. The zero-order valence-corrected chi connectivity index (χ0v) is 6.47. The molecule has 58 valence electrons. The van der Waals surface area contributed by atoms with E-state index in [1.165, 1.54) is 19.3 Å². The number of carbonyl (C=O) groups excluding carboxylic acids is 1. The van der Waals surface area contributed by atoms with Crippen LogP contribution in [-0.4, -0.2) is 19.4 Å². The third-order valence-corrected chi connectivity index (χ3v) is 2.35. The molecule has 0 aliphatic heterocycles. The topological polar surface area (TPSA) is 29.1 Å². The monoisotopic (exact) mass is 141 g/mol. The Morgan fingerprint density at radius 3 is 2.70 bits per heavy atom. The molecule has 2 heteroatoms. The second-order valence-corrected chi connectivity index (χ2v) is 3.06. The van der Waals surface area contributed by atoms with Gasteiger partial charge in [-0.05, 0) is 19.4 Å². The highest BCUT2D eigenvalue weighted by Crippen LogP contribution is 2.29. The van der Waals surface area contributed by atoms with Crippen molar-refractivity contribution in [1.29, 1.82) is 0 Å². The van der Waals surface area contributed by atoms with Gasteiger partial charge in [0.1, 0.15) is 6.29 Å². The van der Waals surface area contributed by atoms with Gasteiger partial charge in [-0.1, -0.05) is 19.3 Å². The zero-order chi connectivity index (χ0) is 7.40. The van der Waals surface area contributed by atoms with Crippen LogP contribution in [0.1, 0.15) is 25.7 Å². The molecule has 1 fully saturated rings. The number of aldehydes is 1. The number of rotatable bonds is 4. The van der Waals surface area contributed by atoms with E-state index in [0.717, 1.165) is 18.6 Å². The minimum atomic E-state index is 0.102. The first-order chi connectivity index (χ1) is 4.86. The summed E-state index contributed by atoms with van der Waals surface area (Å²) in [5.74, 6) is 0.822. The van der Waals surface area contributed by atoms with Crippen molar-refractivity contribution in [2.75, 3.05) is 7.05 Å². The lowest BCUT2D eigenvalue weighted by Gasteiger charge is -2.27. The molecular weight excluding hydrogens is 126 g/mol. The fourth-order valence-electron chi connectivity index (χ4n) is 1.33. The molecule has 0 aromatic carbocycles. The van der Waals surface area contributed by atoms with E-state index in [1.807, 2.05) is 7.05 Å². The van der Waals surface area contributed by atoms with E-state index < -0.39 is 0 Å². The van der Waals surface area contributed by atoms with Gasteiger partial charge in [-0.2, -0.15) is 0 Å². The molecule has 0 radical (unpaired) electrons. The van der Waals surface area contributed by atoms with Crippen molar-refractivity contribution in [3.8, 4) is 0 Å². The molecule has 1 atom stereocenters. The van der Waals surface area contributed by atoms with Gasteiger partial charge in [0.2, 0.25) is 0 Å². The van der Waals surface area contributed by atoms with Gasteiger partial charge in [0.05, 0.1) is 6.04 Å². The first-order valence-electron chi connectivity index (χ1n) is 3.99. The first kappa shape index (κ1) is 7.73. The predicted molar refractivity (Wildman–Crippen MR) is 40.9 cm³/mol. The molecule has 0 saturated heterocycles. The molecule has 0 heterocycles. The van der Waals surface area contributed by atoms with Gasteiger partial charge < -0.3 is 10.1 Å². The summed E-state index contributed by atoms with van der Waals surface area (Å²) in [4.78, 5) is 10.3. The van der Waals surface area contributed by atoms with E-state index in [-0.39, 0.29) is 6.04 Å². The highest BCUT2D eigenvalue weighted by Gasteiger charge is 2.20. The molecule has 1 N–H and O–H groups in total. The Morgan fingerprint density at radius 2 is 2.40 bits per heavy atom. The smallest absolute Gasteiger partial charge is 0.136 e. The van der Waals surface area contributed by atoms with Gasteiger partial charge in [-0.3, -0.25) is 0 Å². The summed E-state index contributed by atoms with van der Waals surface area (Å²) in [5.41, 5.74) is 0. The fourth-order valence-corrected chi connectivity index (χ4v) is 1.33. The third kappa shape index (κ3) is 1.81. The molecule has 10 heavy (non-hydrogen) atoms.